The predicted octanol–water partition coefficient (Wildman–Crippen LogP) is 3.43. The molecule has 96 valence electrons. The minimum absolute atomic E-state index is 0.0667. The molecule has 0 aliphatic carbocycles. The van der Waals surface area contributed by atoms with Crippen molar-refractivity contribution in [2.45, 2.75) is 12.6 Å². The lowest BCUT2D eigenvalue weighted by molar-refractivity contribution is -0.137. The van der Waals surface area contributed by atoms with Gasteiger partial charge >= 0.3 is 6.18 Å². The van der Waals surface area contributed by atoms with E-state index in [0.29, 0.717) is 6.07 Å². The Hall–Kier alpha value is -1.99. The van der Waals surface area contributed by atoms with E-state index in [0.717, 1.165) is 18.5 Å². The molecule has 2 aromatic rings. The van der Waals surface area contributed by atoms with Crippen LogP contribution in [0, 0.1) is 0 Å². The molecule has 0 aliphatic heterocycles. The van der Waals surface area contributed by atoms with Gasteiger partial charge in [0.25, 0.3) is 6.43 Å². The average molecular weight is 263 g/mol. The average Bonchev–Trinajstić information content (AvgIpc) is 2.80. The maximum atomic E-state index is 12.6. The predicted molar refractivity (Wildman–Crippen MR) is 51.8 cm³/mol. The van der Waals surface area contributed by atoms with Crippen molar-refractivity contribution in [2.24, 2.45) is 0 Å². The first kappa shape index (κ1) is 12.5. The number of alkyl halides is 5. The van der Waals surface area contributed by atoms with Crippen LogP contribution in [0.2, 0.25) is 0 Å². The lowest BCUT2D eigenvalue weighted by atomic mass is 10.0. The van der Waals surface area contributed by atoms with Crippen LogP contribution in [0.3, 0.4) is 0 Å². The molecule has 3 nitrogen and oxygen atoms in total. The van der Waals surface area contributed by atoms with Crippen molar-refractivity contribution in [1.82, 2.24) is 15.2 Å². The number of hydrogen-bond acceptors (Lipinski definition) is 2. The van der Waals surface area contributed by atoms with Crippen molar-refractivity contribution in [3.63, 3.8) is 0 Å². The monoisotopic (exact) mass is 263 g/mol. The van der Waals surface area contributed by atoms with Gasteiger partial charge in [-0.25, -0.2) is 13.8 Å². The number of benzene rings is 1. The number of aromatic amines is 1. The Morgan fingerprint density at radius 2 is 1.83 bits per heavy atom. The molecule has 0 saturated carbocycles. The number of hydrogen-bond donors (Lipinski definition) is 1. The number of nitrogens with one attached hydrogen (secondary N) is 1. The molecule has 0 radical (unpaired) electrons. The highest BCUT2D eigenvalue weighted by Crippen LogP contribution is 2.34. The van der Waals surface area contributed by atoms with Crippen LogP contribution >= 0.6 is 0 Å². The van der Waals surface area contributed by atoms with Crippen LogP contribution in [0.5, 0.6) is 0 Å². The molecule has 0 amide bonds. The fourth-order valence-electron chi connectivity index (χ4n) is 1.42. The third-order valence-corrected chi connectivity index (χ3v) is 2.21. The first-order valence-corrected chi connectivity index (χ1v) is 4.74. The normalized spacial score (nSPS) is 12.1. The third kappa shape index (κ3) is 2.47. The maximum Gasteiger partial charge on any atom is 0.416 e. The topological polar surface area (TPSA) is 41.6 Å². The van der Waals surface area contributed by atoms with Gasteiger partial charge in [-0.3, -0.25) is 5.10 Å². The van der Waals surface area contributed by atoms with Gasteiger partial charge in [0.15, 0.2) is 5.82 Å². The van der Waals surface area contributed by atoms with Crippen LogP contribution in [0.1, 0.15) is 17.6 Å². The standard InChI is InChI=1S/C10H6F5N3/c11-8(12)5-1-6(9-16-4-17-18-9)3-7(2-5)10(13,14)15/h1-4,8H,(H,16,17,18). The van der Waals surface area contributed by atoms with Gasteiger partial charge in [-0.05, 0) is 18.2 Å². The summed E-state index contributed by atoms with van der Waals surface area (Å²) in [7, 11) is 0. The highest BCUT2D eigenvalue weighted by molar-refractivity contribution is 5.57. The zero-order valence-electron chi connectivity index (χ0n) is 8.67. The summed E-state index contributed by atoms with van der Waals surface area (Å²) in [6.07, 6.45) is -6.54. The van der Waals surface area contributed by atoms with Crippen molar-refractivity contribution < 1.29 is 22.0 Å². The molecule has 0 aliphatic rings. The molecule has 0 bridgehead atoms. The number of halogens is 5. The second-order valence-electron chi connectivity index (χ2n) is 3.46. The molecule has 0 saturated heterocycles. The third-order valence-electron chi connectivity index (χ3n) is 2.21. The van der Waals surface area contributed by atoms with Gasteiger partial charge in [0.1, 0.15) is 6.33 Å². The van der Waals surface area contributed by atoms with Crippen molar-refractivity contribution in [3.05, 3.63) is 35.7 Å². The maximum absolute atomic E-state index is 12.6. The first-order chi connectivity index (χ1) is 8.38. The number of nitrogens with zero attached hydrogens (tertiary/aromatic N) is 2. The number of H-pyrrole nitrogens is 1. The molecule has 2 rings (SSSR count). The van der Waals surface area contributed by atoms with Gasteiger partial charge in [0, 0.05) is 11.1 Å². The zero-order chi connectivity index (χ0) is 13.3. The van der Waals surface area contributed by atoms with E-state index >= 15 is 0 Å². The van der Waals surface area contributed by atoms with Gasteiger partial charge < -0.3 is 0 Å². The Bertz CT molecular complexity index is 533. The van der Waals surface area contributed by atoms with E-state index in [-0.39, 0.29) is 11.4 Å². The van der Waals surface area contributed by atoms with E-state index in [2.05, 4.69) is 15.2 Å². The summed E-state index contributed by atoms with van der Waals surface area (Å²) in [6.45, 7) is 0. The van der Waals surface area contributed by atoms with E-state index in [1.165, 1.54) is 0 Å². The number of aromatic nitrogens is 3. The Kier molecular flexibility index (Phi) is 3.02. The number of rotatable bonds is 2. The van der Waals surface area contributed by atoms with E-state index in [4.69, 9.17) is 0 Å². The fourth-order valence-corrected chi connectivity index (χ4v) is 1.42. The summed E-state index contributed by atoms with van der Waals surface area (Å²) in [5, 5.41) is 5.87. The lowest BCUT2D eigenvalue weighted by Crippen LogP contribution is -2.06. The van der Waals surface area contributed by atoms with Crippen molar-refractivity contribution >= 4 is 0 Å². The molecule has 1 heterocycles. The molecule has 0 fully saturated rings. The summed E-state index contributed by atoms with van der Waals surface area (Å²) >= 11 is 0. The molecule has 0 spiro atoms. The Morgan fingerprint density at radius 3 is 2.33 bits per heavy atom. The lowest BCUT2D eigenvalue weighted by Gasteiger charge is -2.10. The fraction of sp³-hybridized carbons (Fsp3) is 0.200. The first-order valence-electron chi connectivity index (χ1n) is 4.74. The van der Waals surface area contributed by atoms with E-state index in [1.54, 1.807) is 0 Å². The smallest absolute Gasteiger partial charge is 0.265 e. The van der Waals surface area contributed by atoms with Crippen LogP contribution in [-0.4, -0.2) is 15.2 Å². The summed E-state index contributed by atoms with van der Waals surface area (Å²) in [5.41, 5.74) is -1.98. The molecule has 1 N–H and O–H groups in total. The minimum Gasteiger partial charge on any atom is -0.265 e. The molecule has 0 unspecified atom stereocenters. The minimum atomic E-state index is -4.70. The Labute approximate surface area is 97.7 Å². The second-order valence-corrected chi connectivity index (χ2v) is 3.46. The van der Waals surface area contributed by atoms with Crippen molar-refractivity contribution in [3.8, 4) is 11.4 Å². The summed E-state index contributed by atoms with van der Waals surface area (Å²) in [6, 6.07) is 2.08. The highest BCUT2D eigenvalue weighted by Gasteiger charge is 2.32. The van der Waals surface area contributed by atoms with Gasteiger partial charge in [-0.2, -0.15) is 18.3 Å². The summed E-state index contributed by atoms with van der Waals surface area (Å²) in [5.74, 6) is -0.0667. The highest BCUT2D eigenvalue weighted by atomic mass is 19.4. The largest absolute Gasteiger partial charge is 0.416 e. The molecule has 1 aromatic heterocycles. The zero-order valence-corrected chi connectivity index (χ0v) is 8.67. The Balaban J connectivity index is 2.57. The molecule has 8 heteroatoms. The van der Waals surface area contributed by atoms with E-state index in [1.807, 2.05) is 0 Å². The molecule has 0 atom stereocenters. The molecule has 1 aromatic carbocycles. The van der Waals surface area contributed by atoms with Crippen molar-refractivity contribution in [2.75, 3.05) is 0 Å². The summed E-state index contributed by atoms with van der Waals surface area (Å²) in [4.78, 5) is 3.63. The van der Waals surface area contributed by atoms with Crippen LogP contribution in [0.25, 0.3) is 11.4 Å². The summed E-state index contributed by atoms with van der Waals surface area (Å²) < 4.78 is 62.8. The quantitative estimate of drug-likeness (QED) is 0.843. The molecule has 18 heavy (non-hydrogen) atoms. The second kappa shape index (κ2) is 4.35. The van der Waals surface area contributed by atoms with Crippen LogP contribution in [0.15, 0.2) is 24.5 Å². The van der Waals surface area contributed by atoms with Crippen molar-refractivity contribution in [1.29, 1.82) is 0 Å². The van der Waals surface area contributed by atoms with Gasteiger partial charge in [-0.15, -0.1) is 0 Å². The van der Waals surface area contributed by atoms with Crippen LogP contribution in [0.4, 0.5) is 22.0 Å². The SMILES string of the molecule is FC(F)c1cc(-c2nc[nH]n2)cc(C(F)(F)F)c1. The van der Waals surface area contributed by atoms with Gasteiger partial charge in [0.05, 0.1) is 5.56 Å². The van der Waals surface area contributed by atoms with Crippen LogP contribution < -0.4 is 0 Å². The van der Waals surface area contributed by atoms with E-state index < -0.39 is 23.7 Å². The van der Waals surface area contributed by atoms with E-state index in [9.17, 15) is 22.0 Å². The Morgan fingerprint density at radius 1 is 1.11 bits per heavy atom. The molecular formula is C10H6F5N3. The molecular weight excluding hydrogens is 257 g/mol. The van der Waals surface area contributed by atoms with Gasteiger partial charge in [0.2, 0.25) is 0 Å². The van der Waals surface area contributed by atoms with Gasteiger partial charge in [-0.1, -0.05) is 0 Å². The van der Waals surface area contributed by atoms with Crippen LogP contribution in [-0.2, 0) is 6.18 Å².